The van der Waals surface area contributed by atoms with Crippen LogP contribution in [-0.4, -0.2) is 47.3 Å². The molecule has 1 aromatic heterocycles. The van der Waals surface area contributed by atoms with Crippen molar-refractivity contribution in [2.45, 2.75) is 25.4 Å². The first-order chi connectivity index (χ1) is 15.2. The van der Waals surface area contributed by atoms with Gasteiger partial charge in [-0.15, -0.1) is 0 Å². The maximum atomic E-state index is 12.7. The highest BCUT2D eigenvalue weighted by atomic mass is 35.5. The number of nitrogens with zero attached hydrogens (tertiary/aromatic N) is 2. The van der Waals surface area contributed by atoms with Gasteiger partial charge >= 0.3 is 0 Å². The molecule has 1 amide bonds. The number of aromatic amines is 1. The van der Waals surface area contributed by atoms with Crippen LogP contribution in [0.4, 0.5) is 0 Å². The van der Waals surface area contributed by atoms with Crippen LogP contribution >= 0.6 is 11.6 Å². The van der Waals surface area contributed by atoms with Crippen LogP contribution in [0.15, 0.2) is 60.7 Å². The smallest absolute Gasteiger partial charge is 0.223 e. The number of halogens is 1. The molecular formula is C24H26ClN3O3. The van der Waals surface area contributed by atoms with Crippen molar-refractivity contribution in [3.63, 3.8) is 0 Å². The second kappa shape index (κ2) is 10.5. The molecule has 1 fully saturated rings. The van der Waals surface area contributed by atoms with Gasteiger partial charge in [0.25, 0.3) is 0 Å². The second-order valence-electron chi connectivity index (χ2n) is 7.56. The minimum Gasteiger partial charge on any atom is -0.493 e. The predicted molar refractivity (Wildman–Crippen MR) is 119 cm³/mol. The van der Waals surface area contributed by atoms with Crippen molar-refractivity contribution in [3.05, 3.63) is 82.6 Å². The summed E-state index contributed by atoms with van der Waals surface area (Å²) in [6, 6.07) is 19.4. The van der Waals surface area contributed by atoms with E-state index >= 15 is 0 Å². The van der Waals surface area contributed by atoms with E-state index in [1.807, 2.05) is 41.3 Å². The van der Waals surface area contributed by atoms with E-state index in [1.165, 1.54) is 5.56 Å². The van der Waals surface area contributed by atoms with Crippen LogP contribution in [0.1, 0.15) is 29.5 Å². The van der Waals surface area contributed by atoms with Crippen molar-refractivity contribution in [1.29, 1.82) is 0 Å². The highest BCUT2D eigenvalue weighted by Crippen LogP contribution is 2.22. The zero-order chi connectivity index (χ0) is 21.5. The van der Waals surface area contributed by atoms with E-state index in [9.17, 15) is 4.79 Å². The zero-order valence-corrected chi connectivity index (χ0v) is 18.1. The number of benzene rings is 2. The molecule has 0 saturated carbocycles. The van der Waals surface area contributed by atoms with Gasteiger partial charge in [0.1, 0.15) is 11.9 Å². The van der Waals surface area contributed by atoms with Crippen LogP contribution in [0.3, 0.4) is 0 Å². The summed E-state index contributed by atoms with van der Waals surface area (Å²) in [5.74, 6) is 0.939. The van der Waals surface area contributed by atoms with Crippen molar-refractivity contribution < 1.29 is 14.3 Å². The normalized spacial score (nSPS) is 16.3. The first kappa shape index (κ1) is 21.4. The third-order valence-electron chi connectivity index (χ3n) is 5.32. The van der Waals surface area contributed by atoms with Crippen molar-refractivity contribution in [3.8, 4) is 5.75 Å². The molecule has 1 unspecified atom stereocenters. The minimum absolute atomic E-state index is 0.157. The Kier molecular flexibility index (Phi) is 7.22. The Morgan fingerprint density at radius 2 is 1.97 bits per heavy atom. The van der Waals surface area contributed by atoms with Crippen molar-refractivity contribution in [2.75, 3.05) is 26.3 Å². The van der Waals surface area contributed by atoms with Crippen LogP contribution in [0.25, 0.3) is 0 Å². The van der Waals surface area contributed by atoms with Crippen molar-refractivity contribution >= 4 is 17.5 Å². The fourth-order valence-corrected chi connectivity index (χ4v) is 3.72. The van der Waals surface area contributed by atoms with E-state index in [1.54, 1.807) is 12.1 Å². The number of nitrogens with one attached hydrogen (secondary N) is 1. The van der Waals surface area contributed by atoms with Crippen LogP contribution < -0.4 is 4.74 Å². The number of carbonyl (C=O) groups excluding carboxylic acids is 1. The highest BCUT2D eigenvalue weighted by molar-refractivity contribution is 6.30. The van der Waals surface area contributed by atoms with E-state index in [2.05, 4.69) is 22.3 Å². The quantitative estimate of drug-likeness (QED) is 0.570. The molecule has 0 aliphatic carbocycles. The van der Waals surface area contributed by atoms with Gasteiger partial charge in [-0.1, -0.05) is 41.9 Å². The Morgan fingerprint density at radius 3 is 2.77 bits per heavy atom. The average Bonchev–Trinajstić information content (AvgIpc) is 3.28. The van der Waals surface area contributed by atoms with E-state index in [-0.39, 0.29) is 12.0 Å². The lowest BCUT2D eigenvalue weighted by atomic mass is 10.1. The van der Waals surface area contributed by atoms with E-state index in [0.29, 0.717) is 44.2 Å². The maximum absolute atomic E-state index is 12.7. The summed E-state index contributed by atoms with van der Waals surface area (Å²) >= 11 is 5.89. The molecule has 1 aliphatic rings. The number of aryl methyl sites for hydroxylation is 1. The molecular weight excluding hydrogens is 414 g/mol. The standard InChI is InChI=1S/C24H26ClN3O3/c25-19-7-9-21(10-8-19)30-14-12-20-16-22(27-26-20)23-17-28(13-15-31-23)24(29)11-6-18-4-2-1-3-5-18/h1-5,7-10,16,23H,6,11-15,17H2,(H,26,27). The number of aromatic nitrogens is 2. The maximum Gasteiger partial charge on any atom is 0.223 e. The summed E-state index contributed by atoms with van der Waals surface area (Å²) < 4.78 is 11.6. The fourth-order valence-electron chi connectivity index (χ4n) is 3.59. The lowest BCUT2D eigenvalue weighted by molar-refractivity contribution is -0.139. The monoisotopic (exact) mass is 439 g/mol. The first-order valence-electron chi connectivity index (χ1n) is 10.5. The molecule has 1 atom stereocenters. The molecule has 31 heavy (non-hydrogen) atoms. The highest BCUT2D eigenvalue weighted by Gasteiger charge is 2.26. The van der Waals surface area contributed by atoms with Gasteiger partial charge in [-0.2, -0.15) is 5.10 Å². The molecule has 2 heterocycles. The number of H-pyrrole nitrogens is 1. The Balaban J connectivity index is 1.26. The molecule has 6 nitrogen and oxygen atoms in total. The number of hydrogen-bond donors (Lipinski definition) is 1. The largest absolute Gasteiger partial charge is 0.493 e. The summed E-state index contributed by atoms with van der Waals surface area (Å²) in [6.07, 6.45) is 1.74. The van der Waals surface area contributed by atoms with Crippen LogP contribution in [0.5, 0.6) is 5.75 Å². The lowest BCUT2D eigenvalue weighted by Gasteiger charge is -2.32. The number of ether oxygens (including phenoxy) is 2. The Labute approximate surface area is 187 Å². The Morgan fingerprint density at radius 1 is 1.16 bits per heavy atom. The second-order valence-corrected chi connectivity index (χ2v) is 7.99. The van der Waals surface area contributed by atoms with Gasteiger partial charge in [0, 0.05) is 30.1 Å². The van der Waals surface area contributed by atoms with Crippen molar-refractivity contribution in [2.24, 2.45) is 0 Å². The SMILES string of the molecule is O=C(CCc1ccccc1)N1CCOC(c2cc(CCOc3ccc(Cl)cc3)[nH]n2)C1. The number of morpholine rings is 1. The summed E-state index contributed by atoms with van der Waals surface area (Å²) in [5, 5.41) is 8.14. The van der Waals surface area contributed by atoms with Gasteiger partial charge < -0.3 is 14.4 Å². The molecule has 1 N–H and O–H groups in total. The van der Waals surface area contributed by atoms with Crippen LogP contribution in [0, 0.1) is 0 Å². The van der Waals surface area contributed by atoms with Gasteiger partial charge in [-0.05, 0) is 42.3 Å². The number of hydrogen-bond acceptors (Lipinski definition) is 4. The lowest BCUT2D eigenvalue weighted by Crippen LogP contribution is -2.42. The number of rotatable bonds is 8. The van der Waals surface area contributed by atoms with Gasteiger partial charge in [-0.3, -0.25) is 9.89 Å². The summed E-state index contributed by atoms with van der Waals surface area (Å²) in [4.78, 5) is 14.6. The molecule has 7 heteroatoms. The molecule has 0 bridgehead atoms. The molecule has 0 spiro atoms. The third kappa shape index (κ3) is 6.09. The van der Waals surface area contributed by atoms with Crippen molar-refractivity contribution in [1.82, 2.24) is 15.1 Å². The zero-order valence-electron chi connectivity index (χ0n) is 17.3. The molecule has 0 radical (unpaired) electrons. The van der Waals surface area contributed by atoms with E-state index in [0.717, 1.165) is 23.6 Å². The van der Waals surface area contributed by atoms with Gasteiger partial charge in [0.2, 0.25) is 5.91 Å². The number of amides is 1. The first-order valence-corrected chi connectivity index (χ1v) is 10.9. The number of carbonyl (C=O) groups is 1. The topological polar surface area (TPSA) is 67.5 Å². The predicted octanol–water partition coefficient (Wildman–Crippen LogP) is 4.22. The molecule has 4 rings (SSSR count). The fraction of sp³-hybridized carbons (Fsp3) is 0.333. The molecule has 3 aromatic rings. The molecule has 1 aliphatic heterocycles. The summed E-state index contributed by atoms with van der Waals surface area (Å²) in [6.45, 7) is 2.19. The molecule has 1 saturated heterocycles. The van der Waals surface area contributed by atoms with Gasteiger partial charge in [0.15, 0.2) is 0 Å². The third-order valence-corrected chi connectivity index (χ3v) is 5.58. The summed E-state index contributed by atoms with van der Waals surface area (Å²) in [5.41, 5.74) is 2.97. The van der Waals surface area contributed by atoms with E-state index in [4.69, 9.17) is 21.1 Å². The minimum atomic E-state index is -0.211. The summed E-state index contributed by atoms with van der Waals surface area (Å²) in [7, 11) is 0. The molecule has 162 valence electrons. The average molecular weight is 440 g/mol. The Bertz CT molecular complexity index is 975. The molecule has 2 aromatic carbocycles. The van der Waals surface area contributed by atoms with E-state index < -0.39 is 0 Å². The van der Waals surface area contributed by atoms with Gasteiger partial charge in [-0.25, -0.2) is 0 Å². The Hall–Kier alpha value is -2.83. The van der Waals surface area contributed by atoms with Gasteiger partial charge in [0.05, 0.1) is 25.5 Å². The van der Waals surface area contributed by atoms with Crippen LogP contribution in [0.2, 0.25) is 5.02 Å². The van der Waals surface area contributed by atoms with Crippen LogP contribution in [-0.2, 0) is 22.4 Å².